The van der Waals surface area contributed by atoms with Crippen LogP contribution in [-0.4, -0.2) is 43.1 Å². The molecule has 146 valence electrons. The Morgan fingerprint density at radius 3 is 2.89 bits per heavy atom. The van der Waals surface area contributed by atoms with Gasteiger partial charge < -0.3 is 9.88 Å². The monoisotopic (exact) mass is 370 g/mol. The summed E-state index contributed by atoms with van der Waals surface area (Å²) in [5, 5.41) is 10.6. The van der Waals surface area contributed by atoms with Gasteiger partial charge in [0.15, 0.2) is 0 Å². The number of piperidine rings is 1. The number of carbonyl (C=O) groups excluding carboxylic acids is 1. The van der Waals surface area contributed by atoms with E-state index in [9.17, 15) is 4.79 Å². The molecule has 0 unspecified atom stereocenters. The molecule has 1 saturated heterocycles. The minimum atomic E-state index is -0.0479. The lowest BCUT2D eigenvalue weighted by molar-refractivity contribution is 0.0932. The molecule has 2 aromatic heterocycles. The highest BCUT2D eigenvalue weighted by atomic mass is 16.2. The van der Waals surface area contributed by atoms with Crippen molar-refractivity contribution in [3.05, 3.63) is 35.7 Å². The number of H-pyrrole nitrogens is 1. The average molecular weight is 371 g/mol. The number of hydrogen-bond donors (Lipinski definition) is 2. The van der Waals surface area contributed by atoms with E-state index in [4.69, 9.17) is 0 Å². The number of nitrogens with zero attached hydrogens (tertiary/aromatic N) is 4. The zero-order valence-electron chi connectivity index (χ0n) is 16.2. The Morgan fingerprint density at radius 2 is 2.07 bits per heavy atom. The smallest absolute Gasteiger partial charge is 0.271 e. The van der Waals surface area contributed by atoms with Gasteiger partial charge in [0.05, 0.1) is 18.3 Å². The maximum atomic E-state index is 12.5. The molecule has 4 rings (SSSR count). The standard InChI is InChI=1S/C20H30N6O/c1-2-25-12-10-21-19(25)14-26-11-6-5-9-18(26)16-13-17(24-23-16)20(27)22-15-7-3-4-8-15/h10,12-13,15,18H,2-9,11,14H2,1H3,(H,22,27)(H,23,24)/t18-/m1/s1. The van der Waals surface area contributed by atoms with Crippen molar-refractivity contribution in [1.82, 2.24) is 30.0 Å². The van der Waals surface area contributed by atoms with E-state index < -0.39 is 0 Å². The molecule has 27 heavy (non-hydrogen) atoms. The molecule has 1 saturated carbocycles. The second kappa shape index (κ2) is 8.25. The van der Waals surface area contributed by atoms with Crippen LogP contribution in [0.1, 0.15) is 79.9 Å². The van der Waals surface area contributed by atoms with E-state index in [0.717, 1.165) is 50.4 Å². The molecular formula is C20H30N6O. The molecule has 0 bridgehead atoms. The molecule has 1 atom stereocenters. The maximum Gasteiger partial charge on any atom is 0.271 e. The van der Waals surface area contributed by atoms with Crippen molar-refractivity contribution in [2.45, 2.75) is 77.0 Å². The van der Waals surface area contributed by atoms with Crippen LogP contribution in [0.25, 0.3) is 0 Å². The Balaban J connectivity index is 1.45. The van der Waals surface area contributed by atoms with E-state index >= 15 is 0 Å². The van der Waals surface area contributed by atoms with Gasteiger partial charge in [-0.2, -0.15) is 5.10 Å². The normalized spacial score (nSPS) is 21.6. The third-order valence-corrected chi connectivity index (χ3v) is 5.98. The Hall–Kier alpha value is -2.15. The summed E-state index contributed by atoms with van der Waals surface area (Å²) < 4.78 is 2.19. The van der Waals surface area contributed by atoms with Crippen LogP contribution in [0.4, 0.5) is 0 Å². The van der Waals surface area contributed by atoms with Crippen molar-refractivity contribution in [2.24, 2.45) is 0 Å². The quantitative estimate of drug-likeness (QED) is 0.819. The van der Waals surface area contributed by atoms with E-state index in [0.29, 0.717) is 11.7 Å². The first kappa shape index (κ1) is 18.2. The van der Waals surface area contributed by atoms with Gasteiger partial charge in [-0.25, -0.2) is 4.98 Å². The molecule has 2 N–H and O–H groups in total. The Bertz CT molecular complexity index is 760. The van der Waals surface area contributed by atoms with Crippen LogP contribution in [0.15, 0.2) is 18.5 Å². The summed E-state index contributed by atoms with van der Waals surface area (Å²) in [6.07, 6.45) is 12.0. The van der Waals surface area contributed by atoms with Gasteiger partial charge in [0.2, 0.25) is 0 Å². The first-order valence-corrected chi connectivity index (χ1v) is 10.3. The third kappa shape index (κ3) is 4.08. The number of hydrogen-bond acceptors (Lipinski definition) is 4. The van der Waals surface area contributed by atoms with E-state index in [-0.39, 0.29) is 11.9 Å². The highest BCUT2D eigenvalue weighted by Gasteiger charge is 2.28. The minimum Gasteiger partial charge on any atom is -0.348 e. The van der Waals surface area contributed by atoms with Gasteiger partial charge in [0.25, 0.3) is 5.91 Å². The van der Waals surface area contributed by atoms with Crippen LogP contribution in [0.5, 0.6) is 0 Å². The molecule has 7 heteroatoms. The summed E-state index contributed by atoms with van der Waals surface area (Å²) in [5.41, 5.74) is 1.55. The van der Waals surface area contributed by atoms with Gasteiger partial charge in [-0.05, 0) is 45.2 Å². The van der Waals surface area contributed by atoms with E-state index in [1.54, 1.807) is 0 Å². The number of rotatable bonds is 6. The lowest BCUT2D eigenvalue weighted by Gasteiger charge is -2.34. The van der Waals surface area contributed by atoms with E-state index in [1.807, 2.05) is 18.5 Å². The fourth-order valence-corrected chi connectivity index (χ4v) is 4.45. The van der Waals surface area contributed by atoms with E-state index in [2.05, 4.69) is 36.9 Å². The lowest BCUT2D eigenvalue weighted by atomic mass is 9.99. The largest absolute Gasteiger partial charge is 0.348 e. The number of carbonyl (C=O) groups is 1. The van der Waals surface area contributed by atoms with Gasteiger partial charge in [0.1, 0.15) is 11.5 Å². The number of amides is 1. The van der Waals surface area contributed by atoms with Gasteiger partial charge >= 0.3 is 0 Å². The van der Waals surface area contributed by atoms with Gasteiger partial charge in [-0.3, -0.25) is 14.8 Å². The minimum absolute atomic E-state index is 0.0479. The van der Waals surface area contributed by atoms with Crippen molar-refractivity contribution in [3.8, 4) is 0 Å². The predicted octanol–water partition coefficient (Wildman–Crippen LogP) is 3.03. The average Bonchev–Trinajstić information content (AvgIpc) is 3.44. The third-order valence-electron chi connectivity index (χ3n) is 5.98. The predicted molar refractivity (Wildman–Crippen MR) is 103 cm³/mol. The molecule has 2 aliphatic rings. The molecule has 2 fully saturated rings. The summed E-state index contributed by atoms with van der Waals surface area (Å²) in [6, 6.07) is 2.53. The van der Waals surface area contributed by atoms with Crippen molar-refractivity contribution in [2.75, 3.05) is 6.54 Å². The second-order valence-electron chi connectivity index (χ2n) is 7.77. The van der Waals surface area contributed by atoms with Crippen molar-refractivity contribution in [3.63, 3.8) is 0 Å². The van der Waals surface area contributed by atoms with Gasteiger partial charge in [-0.1, -0.05) is 19.3 Å². The molecule has 0 aromatic carbocycles. The number of aromatic amines is 1. The van der Waals surface area contributed by atoms with Crippen LogP contribution in [0.3, 0.4) is 0 Å². The van der Waals surface area contributed by atoms with Crippen LogP contribution < -0.4 is 5.32 Å². The van der Waals surface area contributed by atoms with Crippen molar-refractivity contribution in [1.29, 1.82) is 0 Å². The van der Waals surface area contributed by atoms with Crippen LogP contribution in [0.2, 0.25) is 0 Å². The fraction of sp³-hybridized carbons (Fsp3) is 0.650. The number of likely N-dealkylation sites (tertiary alicyclic amines) is 1. The van der Waals surface area contributed by atoms with Crippen LogP contribution in [-0.2, 0) is 13.1 Å². The van der Waals surface area contributed by atoms with Crippen molar-refractivity contribution < 1.29 is 4.79 Å². The SMILES string of the molecule is CCn1ccnc1CN1CCCC[C@@H]1c1cc(C(=O)NC2CCCC2)n[nH]1. The summed E-state index contributed by atoms with van der Waals surface area (Å²) in [5.74, 6) is 1.05. The lowest BCUT2D eigenvalue weighted by Crippen LogP contribution is -2.34. The first-order chi connectivity index (χ1) is 13.2. The number of nitrogens with one attached hydrogen (secondary N) is 2. The molecule has 0 radical (unpaired) electrons. The number of aryl methyl sites for hydroxylation is 1. The number of imidazole rings is 1. The maximum absolute atomic E-state index is 12.5. The molecule has 1 aliphatic carbocycles. The molecule has 1 amide bonds. The molecule has 7 nitrogen and oxygen atoms in total. The molecular weight excluding hydrogens is 340 g/mol. The zero-order chi connectivity index (χ0) is 18.6. The first-order valence-electron chi connectivity index (χ1n) is 10.3. The topological polar surface area (TPSA) is 78.8 Å². The molecule has 2 aromatic rings. The Kier molecular flexibility index (Phi) is 5.57. The zero-order valence-corrected chi connectivity index (χ0v) is 16.2. The Labute approximate surface area is 160 Å². The summed E-state index contributed by atoms with van der Waals surface area (Å²) in [6.45, 7) is 4.95. The summed E-state index contributed by atoms with van der Waals surface area (Å²) >= 11 is 0. The fourth-order valence-electron chi connectivity index (χ4n) is 4.45. The summed E-state index contributed by atoms with van der Waals surface area (Å²) in [4.78, 5) is 19.5. The van der Waals surface area contributed by atoms with Crippen LogP contribution in [0, 0.1) is 0 Å². The molecule has 3 heterocycles. The number of aromatic nitrogens is 4. The Morgan fingerprint density at radius 1 is 1.26 bits per heavy atom. The molecule has 1 aliphatic heterocycles. The molecule has 0 spiro atoms. The highest BCUT2D eigenvalue weighted by molar-refractivity contribution is 5.92. The second-order valence-corrected chi connectivity index (χ2v) is 7.77. The van der Waals surface area contributed by atoms with Gasteiger partial charge in [-0.15, -0.1) is 0 Å². The van der Waals surface area contributed by atoms with Crippen molar-refractivity contribution >= 4 is 5.91 Å². The highest BCUT2D eigenvalue weighted by Crippen LogP contribution is 2.31. The van der Waals surface area contributed by atoms with Crippen LogP contribution >= 0.6 is 0 Å². The summed E-state index contributed by atoms with van der Waals surface area (Å²) in [7, 11) is 0. The van der Waals surface area contributed by atoms with E-state index in [1.165, 1.54) is 25.7 Å². The van der Waals surface area contributed by atoms with Gasteiger partial charge in [0, 0.05) is 25.0 Å².